The molecule has 0 saturated heterocycles. The first-order valence-corrected chi connectivity index (χ1v) is 5.15. The molecule has 0 saturated carbocycles. The SMILES string of the molecule is Clc1nc(-c2ccccn2)c2cccn2n1. The van der Waals surface area contributed by atoms with Gasteiger partial charge in [0.25, 0.3) is 0 Å². The lowest BCUT2D eigenvalue weighted by atomic mass is 10.2. The number of aromatic nitrogens is 4. The molecular formula is C11H7ClN4. The van der Waals surface area contributed by atoms with Crippen molar-refractivity contribution in [2.24, 2.45) is 0 Å². The molecule has 4 nitrogen and oxygen atoms in total. The van der Waals surface area contributed by atoms with E-state index in [2.05, 4.69) is 15.1 Å². The van der Waals surface area contributed by atoms with E-state index in [0.29, 0.717) is 0 Å². The molecule has 0 atom stereocenters. The fraction of sp³-hybridized carbons (Fsp3) is 0. The average Bonchev–Trinajstić information content (AvgIpc) is 2.77. The van der Waals surface area contributed by atoms with E-state index in [0.717, 1.165) is 16.9 Å². The highest BCUT2D eigenvalue weighted by atomic mass is 35.5. The van der Waals surface area contributed by atoms with Crippen LogP contribution >= 0.6 is 11.6 Å². The van der Waals surface area contributed by atoms with E-state index >= 15 is 0 Å². The molecule has 0 aliphatic heterocycles. The van der Waals surface area contributed by atoms with Crippen molar-refractivity contribution in [1.82, 2.24) is 19.6 Å². The molecule has 0 N–H and O–H groups in total. The number of hydrogen-bond donors (Lipinski definition) is 0. The van der Waals surface area contributed by atoms with Crippen LogP contribution in [0.3, 0.4) is 0 Å². The predicted molar refractivity (Wildman–Crippen MR) is 61.2 cm³/mol. The summed E-state index contributed by atoms with van der Waals surface area (Å²) >= 11 is 5.86. The Labute approximate surface area is 96.5 Å². The van der Waals surface area contributed by atoms with E-state index < -0.39 is 0 Å². The van der Waals surface area contributed by atoms with Gasteiger partial charge in [0.05, 0.1) is 11.2 Å². The fourth-order valence-electron chi connectivity index (χ4n) is 1.60. The van der Waals surface area contributed by atoms with Crippen molar-refractivity contribution in [2.45, 2.75) is 0 Å². The van der Waals surface area contributed by atoms with Crippen molar-refractivity contribution >= 4 is 17.1 Å². The largest absolute Gasteiger partial charge is 0.255 e. The van der Waals surface area contributed by atoms with Gasteiger partial charge in [0.15, 0.2) is 0 Å². The van der Waals surface area contributed by atoms with Gasteiger partial charge in [-0.25, -0.2) is 9.50 Å². The molecule has 0 aromatic carbocycles. The number of rotatable bonds is 1. The zero-order chi connectivity index (χ0) is 11.0. The lowest BCUT2D eigenvalue weighted by Gasteiger charge is -2.02. The van der Waals surface area contributed by atoms with Crippen LogP contribution in [0.4, 0.5) is 0 Å². The highest BCUT2D eigenvalue weighted by Crippen LogP contribution is 2.21. The Kier molecular flexibility index (Phi) is 2.08. The van der Waals surface area contributed by atoms with Crippen molar-refractivity contribution in [1.29, 1.82) is 0 Å². The van der Waals surface area contributed by atoms with Crippen LogP contribution in [0, 0.1) is 0 Å². The number of hydrogen-bond acceptors (Lipinski definition) is 3. The minimum atomic E-state index is 0.212. The molecule has 0 aliphatic carbocycles. The van der Waals surface area contributed by atoms with E-state index in [9.17, 15) is 0 Å². The van der Waals surface area contributed by atoms with Gasteiger partial charge in [0, 0.05) is 12.4 Å². The molecule has 3 aromatic heterocycles. The van der Waals surface area contributed by atoms with Gasteiger partial charge in [-0.1, -0.05) is 6.07 Å². The quantitative estimate of drug-likeness (QED) is 0.645. The third-order valence-electron chi connectivity index (χ3n) is 2.27. The van der Waals surface area contributed by atoms with Gasteiger partial charge in [-0.15, -0.1) is 5.10 Å². The number of pyridine rings is 1. The molecule has 3 heterocycles. The summed E-state index contributed by atoms with van der Waals surface area (Å²) in [4.78, 5) is 8.47. The lowest BCUT2D eigenvalue weighted by molar-refractivity contribution is 0.905. The van der Waals surface area contributed by atoms with Crippen LogP contribution in [0.5, 0.6) is 0 Å². The van der Waals surface area contributed by atoms with Crippen molar-refractivity contribution in [3.8, 4) is 11.4 Å². The summed E-state index contributed by atoms with van der Waals surface area (Å²) < 4.78 is 1.69. The molecular weight excluding hydrogens is 224 g/mol. The van der Waals surface area contributed by atoms with E-state index in [4.69, 9.17) is 11.6 Å². The third-order valence-corrected chi connectivity index (χ3v) is 2.43. The molecule has 0 unspecified atom stereocenters. The summed E-state index contributed by atoms with van der Waals surface area (Å²) in [5.41, 5.74) is 2.42. The minimum Gasteiger partial charge on any atom is -0.255 e. The molecule has 0 spiro atoms. The number of halogens is 1. The molecule has 3 rings (SSSR count). The molecule has 0 amide bonds. The standard InChI is InChI=1S/C11H7ClN4/c12-11-14-10(8-4-1-2-6-13-8)9-5-3-7-16(9)15-11/h1-7H. The number of nitrogens with zero attached hydrogens (tertiary/aromatic N) is 4. The Morgan fingerprint density at radius 1 is 1.12 bits per heavy atom. The van der Waals surface area contributed by atoms with Crippen molar-refractivity contribution in [2.75, 3.05) is 0 Å². The lowest BCUT2D eigenvalue weighted by Crippen LogP contribution is -1.97. The van der Waals surface area contributed by atoms with E-state index in [1.54, 1.807) is 10.7 Å². The Hall–Kier alpha value is -1.94. The highest BCUT2D eigenvalue weighted by Gasteiger charge is 2.08. The Morgan fingerprint density at radius 2 is 2.06 bits per heavy atom. The molecule has 0 radical (unpaired) electrons. The van der Waals surface area contributed by atoms with Crippen LogP contribution in [0.15, 0.2) is 42.7 Å². The molecule has 16 heavy (non-hydrogen) atoms. The summed E-state index contributed by atoms with van der Waals surface area (Å²) in [5.74, 6) is 0. The van der Waals surface area contributed by atoms with Gasteiger partial charge in [-0.05, 0) is 35.9 Å². The van der Waals surface area contributed by atoms with Gasteiger partial charge in [0.2, 0.25) is 5.28 Å². The maximum absolute atomic E-state index is 5.86. The summed E-state index contributed by atoms with van der Waals surface area (Å²) in [6.07, 6.45) is 3.56. The summed E-state index contributed by atoms with van der Waals surface area (Å²) in [6.45, 7) is 0. The van der Waals surface area contributed by atoms with E-state index in [1.807, 2.05) is 36.5 Å². The zero-order valence-electron chi connectivity index (χ0n) is 8.21. The summed E-state index contributed by atoms with van der Waals surface area (Å²) in [7, 11) is 0. The summed E-state index contributed by atoms with van der Waals surface area (Å²) in [5, 5.41) is 4.28. The molecule has 0 bridgehead atoms. The van der Waals surface area contributed by atoms with Crippen LogP contribution in [0.2, 0.25) is 5.28 Å². The van der Waals surface area contributed by atoms with E-state index in [1.165, 1.54) is 0 Å². The first kappa shape index (κ1) is 9.30. The van der Waals surface area contributed by atoms with Crippen molar-refractivity contribution in [3.05, 3.63) is 48.0 Å². The van der Waals surface area contributed by atoms with Gasteiger partial charge >= 0.3 is 0 Å². The third kappa shape index (κ3) is 1.44. The maximum Gasteiger partial charge on any atom is 0.241 e. The van der Waals surface area contributed by atoms with Crippen molar-refractivity contribution in [3.63, 3.8) is 0 Å². The van der Waals surface area contributed by atoms with Crippen LogP contribution in [0.1, 0.15) is 0 Å². The Morgan fingerprint density at radius 3 is 2.88 bits per heavy atom. The highest BCUT2D eigenvalue weighted by molar-refractivity contribution is 6.28. The Balaban J connectivity index is 2.34. The average molecular weight is 231 g/mol. The monoisotopic (exact) mass is 230 g/mol. The van der Waals surface area contributed by atoms with Crippen molar-refractivity contribution < 1.29 is 0 Å². The second-order valence-corrected chi connectivity index (χ2v) is 3.62. The molecule has 0 fully saturated rings. The molecule has 78 valence electrons. The number of fused-ring (bicyclic) bond motifs is 1. The topological polar surface area (TPSA) is 43.1 Å². The van der Waals surface area contributed by atoms with Gasteiger partial charge < -0.3 is 0 Å². The fourth-order valence-corrected chi connectivity index (χ4v) is 1.77. The molecule has 5 heteroatoms. The second kappa shape index (κ2) is 3.57. The molecule has 3 aromatic rings. The first-order valence-electron chi connectivity index (χ1n) is 4.77. The van der Waals surface area contributed by atoms with Crippen LogP contribution in [0.25, 0.3) is 16.9 Å². The van der Waals surface area contributed by atoms with Crippen LogP contribution < -0.4 is 0 Å². The van der Waals surface area contributed by atoms with Crippen LogP contribution in [-0.4, -0.2) is 19.6 Å². The maximum atomic E-state index is 5.86. The first-order chi connectivity index (χ1) is 7.84. The molecule has 0 aliphatic rings. The normalized spacial score (nSPS) is 10.8. The van der Waals surface area contributed by atoms with Gasteiger partial charge in [0.1, 0.15) is 5.69 Å². The van der Waals surface area contributed by atoms with Gasteiger partial charge in [-0.3, -0.25) is 4.98 Å². The minimum absolute atomic E-state index is 0.212. The smallest absolute Gasteiger partial charge is 0.241 e. The summed E-state index contributed by atoms with van der Waals surface area (Å²) in [6, 6.07) is 9.50. The Bertz CT molecular complexity index is 633. The zero-order valence-corrected chi connectivity index (χ0v) is 8.96. The predicted octanol–water partition coefficient (Wildman–Crippen LogP) is 2.44. The van der Waals surface area contributed by atoms with E-state index in [-0.39, 0.29) is 5.28 Å². The van der Waals surface area contributed by atoms with Gasteiger partial charge in [-0.2, -0.15) is 0 Å². The second-order valence-electron chi connectivity index (χ2n) is 3.28. The van der Waals surface area contributed by atoms with Crippen LogP contribution in [-0.2, 0) is 0 Å².